The van der Waals surface area contributed by atoms with Gasteiger partial charge in [-0.2, -0.15) is 4.98 Å². The molecule has 0 spiro atoms. The molecule has 2 aromatic heterocycles. The number of piperazine rings is 1. The fraction of sp³-hybridized carbons (Fsp3) is 0.368. The smallest absolute Gasteiger partial charge is 0.290 e. The topological polar surface area (TPSA) is 123 Å². The second-order valence-corrected chi connectivity index (χ2v) is 7.66. The Labute approximate surface area is 182 Å². The Morgan fingerprint density at radius 2 is 1.77 bits per heavy atom. The van der Waals surface area contributed by atoms with Crippen LogP contribution in [0.3, 0.4) is 0 Å². The van der Waals surface area contributed by atoms with Crippen molar-refractivity contribution in [1.29, 1.82) is 0 Å². The number of nitrogens with zero attached hydrogens (tertiary/aromatic N) is 6. The van der Waals surface area contributed by atoms with E-state index in [9.17, 15) is 9.59 Å². The highest BCUT2D eigenvalue weighted by atomic mass is 32.2. The molecular formula is C19H21N7O4S. The molecule has 0 unspecified atom stereocenters. The number of carbonyl (C=O) groups is 2. The largest absolute Gasteiger partial charge is 0.475 e. The molecule has 12 heteroatoms. The lowest BCUT2D eigenvalue weighted by Crippen LogP contribution is -2.47. The second kappa shape index (κ2) is 9.71. The molecule has 0 atom stereocenters. The van der Waals surface area contributed by atoms with Crippen LogP contribution in [0.25, 0.3) is 6.08 Å². The molecule has 11 nitrogen and oxygen atoms in total. The van der Waals surface area contributed by atoms with Crippen molar-refractivity contribution >= 4 is 40.9 Å². The first kappa shape index (κ1) is 21.0. The maximum Gasteiger partial charge on any atom is 0.290 e. The number of hydrogen-bond donors (Lipinski definition) is 1. The highest BCUT2D eigenvalue weighted by molar-refractivity contribution is 8.18. The number of thioether (sulfide) groups is 1. The van der Waals surface area contributed by atoms with Crippen LogP contribution in [0.5, 0.6) is 5.88 Å². The number of amides is 2. The number of ether oxygens (including phenoxy) is 2. The molecule has 2 aliphatic heterocycles. The van der Waals surface area contributed by atoms with Crippen molar-refractivity contribution in [2.24, 2.45) is 0 Å². The summed E-state index contributed by atoms with van der Waals surface area (Å²) < 4.78 is 10.7. The Balaban J connectivity index is 1.53. The van der Waals surface area contributed by atoms with Crippen LogP contribution in [0.15, 0.2) is 29.4 Å². The number of imide groups is 1. The summed E-state index contributed by atoms with van der Waals surface area (Å²) in [7, 11) is 1.59. The standard InChI is InChI=1S/C19H21N7O4S/c1-29-9-10-30-15-12-13(11-14-16(27)24-19(28)31-14)22-18(23-15)26-7-5-25(6-8-26)17-20-3-2-4-21-17/h2-4,11-12H,5-10H2,1H3,(H,24,27,28)/b14-11-. The monoisotopic (exact) mass is 443 g/mol. The summed E-state index contributed by atoms with van der Waals surface area (Å²) in [5.74, 6) is 1.12. The first-order valence-corrected chi connectivity index (χ1v) is 10.5. The zero-order valence-electron chi connectivity index (χ0n) is 16.9. The number of anilines is 2. The van der Waals surface area contributed by atoms with Gasteiger partial charge in [0.15, 0.2) is 0 Å². The molecule has 2 fully saturated rings. The van der Waals surface area contributed by atoms with Crippen molar-refractivity contribution in [2.75, 3.05) is 56.3 Å². The molecule has 162 valence electrons. The first-order valence-electron chi connectivity index (χ1n) is 9.65. The van der Waals surface area contributed by atoms with E-state index in [0.29, 0.717) is 62.9 Å². The Hall–Kier alpha value is -3.25. The van der Waals surface area contributed by atoms with Gasteiger partial charge in [0.1, 0.15) is 6.61 Å². The van der Waals surface area contributed by atoms with Gasteiger partial charge >= 0.3 is 0 Å². The minimum atomic E-state index is -0.437. The van der Waals surface area contributed by atoms with Crippen molar-refractivity contribution in [3.63, 3.8) is 0 Å². The van der Waals surface area contributed by atoms with Gasteiger partial charge in [0, 0.05) is 51.7 Å². The molecule has 0 aromatic carbocycles. The summed E-state index contributed by atoms with van der Waals surface area (Å²) in [6.45, 7) is 3.51. The van der Waals surface area contributed by atoms with E-state index in [1.165, 1.54) is 0 Å². The summed E-state index contributed by atoms with van der Waals surface area (Å²) in [5.41, 5.74) is 0.485. The zero-order valence-corrected chi connectivity index (χ0v) is 17.7. The zero-order chi connectivity index (χ0) is 21.6. The van der Waals surface area contributed by atoms with Gasteiger partial charge in [0.2, 0.25) is 17.8 Å². The van der Waals surface area contributed by atoms with E-state index in [4.69, 9.17) is 9.47 Å². The molecule has 4 heterocycles. The van der Waals surface area contributed by atoms with Gasteiger partial charge in [0.25, 0.3) is 11.1 Å². The van der Waals surface area contributed by atoms with Crippen LogP contribution in [0.4, 0.5) is 16.7 Å². The average Bonchev–Trinajstić information content (AvgIpc) is 3.11. The molecule has 2 saturated heterocycles. The third-order valence-electron chi connectivity index (χ3n) is 4.57. The van der Waals surface area contributed by atoms with Crippen molar-refractivity contribution in [1.82, 2.24) is 25.3 Å². The summed E-state index contributed by atoms with van der Waals surface area (Å²) in [4.78, 5) is 45.5. The number of methoxy groups -OCH3 is 1. The Morgan fingerprint density at radius 3 is 2.42 bits per heavy atom. The van der Waals surface area contributed by atoms with Gasteiger partial charge in [0.05, 0.1) is 17.2 Å². The van der Waals surface area contributed by atoms with Crippen LogP contribution in [-0.4, -0.2) is 77.6 Å². The molecule has 31 heavy (non-hydrogen) atoms. The molecule has 0 radical (unpaired) electrons. The van der Waals surface area contributed by atoms with Crippen LogP contribution >= 0.6 is 11.8 Å². The van der Waals surface area contributed by atoms with E-state index in [1.807, 2.05) is 4.90 Å². The van der Waals surface area contributed by atoms with E-state index in [2.05, 4.69) is 30.2 Å². The van der Waals surface area contributed by atoms with E-state index in [0.717, 1.165) is 11.8 Å². The first-order chi connectivity index (χ1) is 15.1. The van der Waals surface area contributed by atoms with Crippen LogP contribution in [0.1, 0.15) is 5.69 Å². The lowest BCUT2D eigenvalue weighted by Gasteiger charge is -2.34. The quantitative estimate of drug-likeness (QED) is 0.486. The predicted molar refractivity (Wildman–Crippen MR) is 115 cm³/mol. The summed E-state index contributed by atoms with van der Waals surface area (Å²) >= 11 is 0.841. The average molecular weight is 443 g/mol. The van der Waals surface area contributed by atoms with Crippen molar-refractivity contribution in [3.8, 4) is 5.88 Å². The van der Waals surface area contributed by atoms with Gasteiger partial charge in [-0.25, -0.2) is 15.0 Å². The molecule has 0 saturated carbocycles. The number of rotatable bonds is 7. The van der Waals surface area contributed by atoms with Crippen molar-refractivity contribution < 1.29 is 19.1 Å². The number of nitrogens with one attached hydrogen (secondary N) is 1. The van der Waals surface area contributed by atoms with Gasteiger partial charge < -0.3 is 19.3 Å². The fourth-order valence-corrected chi connectivity index (χ4v) is 3.73. The van der Waals surface area contributed by atoms with Crippen molar-refractivity contribution in [2.45, 2.75) is 0 Å². The third-order valence-corrected chi connectivity index (χ3v) is 5.38. The van der Waals surface area contributed by atoms with Crippen molar-refractivity contribution in [3.05, 3.63) is 35.1 Å². The Morgan fingerprint density at radius 1 is 1.06 bits per heavy atom. The SMILES string of the molecule is COCCOc1cc(/C=C2\SC(=O)NC2=O)nc(N2CCN(c3ncccn3)CC2)n1. The number of hydrogen-bond acceptors (Lipinski definition) is 11. The Kier molecular flexibility index (Phi) is 6.57. The van der Waals surface area contributed by atoms with Gasteiger partial charge in [-0.15, -0.1) is 0 Å². The maximum absolute atomic E-state index is 11.9. The van der Waals surface area contributed by atoms with Crippen LogP contribution < -0.4 is 19.9 Å². The lowest BCUT2D eigenvalue weighted by molar-refractivity contribution is -0.115. The van der Waals surface area contributed by atoms with E-state index >= 15 is 0 Å². The minimum Gasteiger partial charge on any atom is -0.475 e. The summed E-state index contributed by atoms with van der Waals surface area (Å²) in [5, 5.41) is 1.84. The van der Waals surface area contributed by atoms with Gasteiger partial charge in [-0.05, 0) is 23.9 Å². The van der Waals surface area contributed by atoms with Crippen LogP contribution in [0, 0.1) is 0 Å². The molecule has 0 bridgehead atoms. The van der Waals surface area contributed by atoms with Gasteiger partial charge in [-0.3, -0.25) is 14.9 Å². The molecule has 4 rings (SSSR count). The molecular weight excluding hydrogens is 422 g/mol. The van der Waals surface area contributed by atoms with E-state index in [1.54, 1.807) is 37.7 Å². The highest BCUT2D eigenvalue weighted by Crippen LogP contribution is 2.27. The lowest BCUT2D eigenvalue weighted by atomic mass is 10.3. The second-order valence-electron chi connectivity index (χ2n) is 6.65. The molecule has 2 aromatic rings. The van der Waals surface area contributed by atoms with E-state index < -0.39 is 11.1 Å². The molecule has 1 N–H and O–H groups in total. The highest BCUT2D eigenvalue weighted by Gasteiger charge is 2.26. The van der Waals surface area contributed by atoms with Gasteiger partial charge in [-0.1, -0.05) is 0 Å². The molecule has 0 aliphatic carbocycles. The predicted octanol–water partition coefficient (Wildman–Crippen LogP) is 0.942. The normalized spacial score (nSPS) is 17.9. The third kappa shape index (κ3) is 5.27. The Bertz CT molecular complexity index is 980. The maximum atomic E-state index is 11.9. The van der Waals surface area contributed by atoms with E-state index in [-0.39, 0.29) is 4.91 Å². The minimum absolute atomic E-state index is 0.281. The van der Waals surface area contributed by atoms with Crippen LogP contribution in [-0.2, 0) is 9.53 Å². The molecule has 2 aliphatic rings. The summed E-state index contributed by atoms with van der Waals surface area (Å²) in [6.07, 6.45) is 5.01. The fourth-order valence-electron chi connectivity index (χ4n) is 3.07. The number of carbonyl (C=O) groups excluding carboxylic acids is 2. The number of aromatic nitrogens is 4. The molecule has 2 amide bonds. The summed E-state index contributed by atoms with van der Waals surface area (Å²) in [6, 6.07) is 3.42. The van der Waals surface area contributed by atoms with Crippen LogP contribution in [0.2, 0.25) is 0 Å².